The number of nitrogens with zero attached hydrogens (tertiary/aromatic N) is 1. The van der Waals surface area contributed by atoms with Crippen molar-refractivity contribution in [3.63, 3.8) is 0 Å². The fourth-order valence-electron chi connectivity index (χ4n) is 1.74. The van der Waals surface area contributed by atoms with Crippen LogP contribution in [0.5, 0.6) is 0 Å². The molecule has 5 heteroatoms. The number of aliphatic carboxylic acids is 1. The molecule has 0 aliphatic heterocycles. The summed E-state index contributed by atoms with van der Waals surface area (Å²) in [5.41, 5.74) is 0.661. The number of carbonyl (C=O) groups is 1. The maximum absolute atomic E-state index is 11.0. The molecule has 0 saturated carbocycles. The predicted molar refractivity (Wildman–Crippen MR) is 71.3 cm³/mol. The number of hydrogen-bond acceptors (Lipinski definition) is 4. The second-order valence-electron chi connectivity index (χ2n) is 4.71. The molecule has 0 bridgehead atoms. The van der Waals surface area contributed by atoms with Crippen LogP contribution >= 0.6 is 11.3 Å². The minimum atomic E-state index is -0.750. The molecule has 0 spiro atoms. The van der Waals surface area contributed by atoms with Gasteiger partial charge in [0.2, 0.25) is 0 Å². The lowest BCUT2D eigenvalue weighted by atomic mass is 9.97. The maximum Gasteiger partial charge on any atom is 0.307 e. The lowest BCUT2D eigenvalue weighted by Crippen LogP contribution is -2.29. The molecule has 0 aliphatic carbocycles. The lowest BCUT2D eigenvalue weighted by molar-refractivity contribution is -0.142. The zero-order chi connectivity index (χ0) is 13.5. The molecule has 0 fully saturated rings. The van der Waals surface area contributed by atoms with E-state index in [9.17, 15) is 4.79 Å². The fourth-order valence-corrected chi connectivity index (χ4v) is 2.52. The smallest absolute Gasteiger partial charge is 0.307 e. The van der Waals surface area contributed by atoms with E-state index in [0.717, 1.165) is 4.88 Å². The Bertz CT molecular complexity index is 434. The number of rotatable bonds is 7. The summed E-state index contributed by atoms with van der Waals surface area (Å²) in [4.78, 5) is 12.1. The van der Waals surface area contributed by atoms with Crippen LogP contribution in [-0.4, -0.2) is 17.6 Å². The third kappa shape index (κ3) is 4.86. The van der Waals surface area contributed by atoms with Crippen molar-refractivity contribution in [2.75, 3.05) is 6.54 Å². The van der Waals surface area contributed by atoms with Gasteiger partial charge >= 0.3 is 5.97 Å². The summed E-state index contributed by atoms with van der Waals surface area (Å²) < 4.78 is 0. The predicted octanol–water partition coefficient (Wildman–Crippen LogP) is 2.46. The topological polar surface area (TPSA) is 73.1 Å². The van der Waals surface area contributed by atoms with E-state index < -0.39 is 5.97 Å². The molecular weight excluding hydrogens is 248 g/mol. The number of nitriles is 1. The van der Waals surface area contributed by atoms with Crippen molar-refractivity contribution in [3.05, 3.63) is 21.9 Å². The zero-order valence-corrected chi connectivity index (χ0v) is 11.5. The standard InChI is InChI=1S/C13H18N2O2S/c1-9(2)3-11(13(16)17)6-15-7-12-4-10(5-14)8-18-12/h4,8-9,11,15H,3,6-7H2,1-2H3,(H,16,17). The first-order valence-corrected chi connectivity index (χ1v) is 6.82. The molecule has 0 saturated heterocycles. The second kappa shape index (κ2) is 7.14. The monoisotopic (exact) mass is 266 g/mol. The molecule has 4 nitrogen and oxygen atoms in total. The van der Waals surface area contributed by atoms with Crippen LogP contribution in [0.1, 0.15) is 30.7 Å². The van der Waals surface area contributed by atoms with E-state index in [4.69, 9.17) is 10.4 Å². The Hall–Kier alpha value is -1.38. The zero-order valence-electron chi connectivity index (χ0n) is 10.6. The first-order chi connectivity index (χ1) is 8.52. The van der Waals surface area contributed by atoms with Crippen molar-refractivity contribution in [3.8, 4) is 6.07 Å². The van der Waals surface area contributed by atoms with Gasteiger partial charge in [-0.1, -0.05) is 13.8 Å². The number of carboxylic acid groups (broad SMARTS) is 1. The molecule has 1 rings (SSSR count). The van der Waals surface area contributed by atoms with Gasteiger partial charge in [0.05, 0.1) is 11.5 Å². The van der Waals surface area contributed by atoms with Gasteiger partial charge in [0.15, 0.2) is 0 Å². The summed E-state index contributed by atoms with van der Waals surface area (Å²) in [5.74, 6) is -0.722. The van der Waals surface area contributed by atoms with Crippen LogP contribution in [0.3, 0.4) is 0 Å². The molecule has 0 aromatic carbocycles. The van der Waals surface area contributed by atoms with Gasteiger partial charge in [-0.2, -0.15) is 5.26 Å². The maximum atomic E-state index is 11.0. The van der Waals surface area contributed by atoms with E-state index in [1.54, 1.807) is 5.38 Å². The quantitative estimate of drug-likeness (QED) is 0.795. The Balaban J connectivity index is 2.39. The highest BCUT2D eigenvalue weighted by molar-refractivity contribution is 7.10. The van der Waals surface area contributed by atoms with E-state index in [-0.39, 0.29) is 5.92 Å². The summed E-state index contributed by atoms with van der Waals surface area (Å²) in [6.45, 7) is 5.13. The molecule has 1 unspecified atom stereocenters. The molecular formula is C13H18N2O2S. The molecule has 2 N–H and O–H groups in total. The molecule has 1 atom stereocenters. The van der Waals surface area contributed by atoms with Crippen molar-refractivity contribution in [2.24, 2.45) is 11.8 Å². The van der Waals surface area contributed by atoms with Crippen LogP contribution in [0.15, 0.2) is 11.4 Å². The van der Waals surface area contributed by atoms with Crippen molar-refractivity contribution < 1.29 is 9.90 Å². The first-order valence-electron chi connectivity index (χ1n) is 5.94. The molecule has 98 valence electrons. The van der Waals surface area contributed by atoms with Crippen LogP contribution < -0.4 is 5.32 Å². The van der Waals surface area contributed by atoms with Crippen LogP contribution in [0.2, 0.25) is 0 Å². The highest BCUT2D eigenvalue weighted by Crippen LogP contribution is 2.14. The molecule has 1 heterocycles. The van der Waals surface area contributed by atoms with E-state index in [0.29, 0.717) is 31.0 Å². The Morgan fingerprint density at radius 2 is 2.33 bits per heavy atom. The number of carboxylic acids is 1. The van der Waals surface area contributed by atoms with Gasteiger partial charge in [0, 0.05) is 23.3 Å². The molecule has 18 heavy (non-hydrogen) atoms. The Labute approximate surface area is 111 Å². The van der Waals surface area contributed by atoms with Gasteiger partial charge in [-0.3, -0.25) is 4.79 Å². The van der Waals surface area contributed by atoms with Gasteiger partial charge in [-0.25, -0.2) is 0 Å². The average Bonchev–Trinajstić information content (AvgIpc) is 2.75. The molecule has 1 aromatic rings. The number of nitrogens with one attached hydrogen (secondary N) is 1. The number of hydrogen-bond donors (Lipinski definition) is 2. The SMILES string of the molecule is CC(C)CC(CNCc1cc(C#N)cs1)C(=O)O. The Morgan fingerprint density at radius 1 is 1.61 bits per heavy atom. The minimum absolute atomic E-state index is 0.347. The van der Waals surface area contributed by atoms with Gasteiger partial charge < -0.3 is 10.4 Å². The molecule has 1 aromatic heterocycles. The van der Waals surface area contributed by atoms with Crippen LogP contribution in [0, 0.1) is 23.2 Å². The summed E-state index contributed by atoms with van der Waals surface area (Å²) in [5, 5.41) is 22.7. The second-order valence-corrected chi connectivity index (χ2v) is 5.70. The molecule has 0 radical (unpaired) electrons. The minimum Gasteiger partial charge on any atom is -0.481 e. The fraction of sp³-hybridized carbons (Fsp3) is 0.538. The normalized spacial score (nSPS) is 12.3. The van der Waals surface area contributed by atoms with Crippen molar-refractivity contribution >= 4 is 17.3 Å². The average molecular weight is 266 g/mol. The Kier molecular flexibility index (Phi) is 5.83. The van der Waals surface area contributed by atoms with Crippen LogP contribution in [0.25, 0.3) is 0 Å². The highest BCUT2D eigenvalue weighted by Gasteiger charge is 2.18. The van der Waals surface area contributed by atoms with Gasteiger partial charge in [-0.15, -0.1) is 11.3 Å². The largest absolute Gasteiger partial charge is 0.481 e. The van der Waals surface area contributed by atoms with E-state index in [1.807, 2.05) is 19.9 Å². The van der Waals surface area contributed by atoms with Crippen LogP contribution in [0.4, 0.5) is 0 Å². The summed E-state index contributed by atoms with van der Waals surface area (Å²) in [7, 11) is 0. The van der Waals surface area contributed by atoms with Crippen molar-refractivity contribution in [1.29, 1.82) is 5.26 Å². The summed E-state index contributed by atoms with van der Waals surface area (Å²) in [6, 6.07) is 3.91. The lowest BCUT2D eigenvalue weighted by Gasteiger charge is -2.14. The first kappa shape index (κ1) is 14.7. The van der Waals surface area contributed by atoms with E-state index >= 15 is 0 Å². The molecule has 0 amide bonds. The van der Waals surface area contributed by atoms with Gasteiger partial charge in [0.1, 0.15) is 6.07 Å². The van der Waals surface area contributed by atoms with Crippen molar-refractivity contribution in [1.82, 2.24) is 5.32 Å². The molecule has 0 aliphatic rings. The van der Waals surface area contributed by atoms with Gasteiger partial charge in [-0.05, 0) is 18.4 Å². The summed E-state index contributed by atoms with van der Waals surface area (Å²) in [6.07, 6.45) is 0.677. The van der Waals surface area contributed by atoms with Gasteiger partial charge in [0.25, 0.3) is 0 Å². The van der Waals surface area contributed by atoms with E-state index in [1.165, 1.54) is 11.3 Å². The van der Waals surface area contributed by atoms with Crippen LogP contribution in [-0.2, 0) is 11.3 Å². The number of thiophene rings is 1. The highest BCUT2D eigenvalue weighted by atomic mass is 32.1. The third-order valence-corrected chi connectivity index (χ3v) is 3.51. The van der Waals surface area contributed by atoms with Crippen molar-refractivity contribution in [2.45, 2.75) is 26.8 Å². The third-order valence-electron chi connectivity index (χ3n) is 2.58. The summed E-state index contributed by atoms with van der Waals surface area (Å²) >= 11 is 1.52. The Morgan fingerprint density at radius 3 is 2.83 bits per heavy atom. The van der Waals surface area contributed by atoms with E-state index in [2.05, 4.69) is 11.4 Å².